The highest BCUT2D eigenvalue weighted by molar-refractivity contribution is 5.79. The summed E-state index contributed by atoms with van der Waals surface area (Å²) in [7, 11) is 0. The molecular weight excluding hydrogens is 348 g/mol. The minimum absolute atomic E-state index is 0.118. The van der Waals surface area contributed by atoms with Crippen LogP contribution in [0.2, 0.25) is 0 Å². The number of imidazole rings is 1. The van der Waals surface area contributed by atoms with Crippen molar-refractivity contribution in [2.45, 2.75) is 77.4 Å². The molecule has 0 spiro atoms. The fraction of sp³-hybridized carbons (Fsp3) is 0.652. The first kappa shape index (κ1) is 19.4. The van der Waals surface area contributed by atoms with Gasteiger partial charge in [-0.05, 0) is 58.2 Å². The Kier molecular flexibility index (Phi) is 6.00. The summed E-state index contributed by atoms with van der Waals surface area (Å²) < 4.78 is 2.35. The van der Waals surface area contributed by atoms with Crippen LogP contribution in [0.1, 0.15) is 70.7 Å². The monoisotopic (exact) mass is 382 g/mol. The van der Waals surface area contributed by atoms with Crippen LogP contribution in [0.4, 0.5) is 0 Å². The van der Waals surface area contributed by atoms with Crippen molar-refractivity contribution in [3.63, 3.8) is 0 Å². The highest BCUT2D eigenvalue weighted by Crippen LogP contribution is 2.25. The van der Waals surface area contributed by atoms with E-state index in [4.69, 9.17) is 4.98 Å². The molecule has 1 atom stereocenters. The number of likely N-dealkylation sites (tertiary alicyclic amines) is 1. The van der Waals surface area contributed by atoms with Crippen LogP contribution in [0.5, 0.6) is 0 Å². The molecule has 4 rings (SSSR count). The van der Waals surface area contributed by atoms with Gasteiger partial charge < -0.3 is 9.88 Å². The van der Waals surface area contributed by atoms with E-state index in [0.717, 1.165) is 56.7 Å². The predicted octanol–water partition coefficient (Wildman–Crippen LogP) is 4.28. The Morgan fingerprint density at radius 3 is 2.71 bits per heavy atom. The van der Waals surface area contributed by atoms with Gasteiger partial charge in [0.25, 0.3) is 0 Å². The van der Waals surface area contributed by atoms with Crippen molar-refractivity contribution < 1.29 is 4.79 Å². The lowest BCUT2D eigenvalue weighted by molar-refractivity contribution is -0.127. The van der Waals surface area contributed by atoms with Crippen LogP contribution in [0, 0.1) is 5.92 Å². The summed E-state index contributed by atoms with van der Waals surface area (Å²) in [6, 6.07) is 9.16. The van der Waals surface area contributed by atoms with Crippen molar-refractivity contribution in [1.29, 1.82) is 0 Å². The largest absolute Gasteiger partial charge is 0.353 e. The maximum atomic E-state index is 12.8. The zero-order valence-electron chi connectivity index (χ0n) is 17.4. The summed E-state index contributed by atoms with van der Waals surface area (Å²) in [5, 5.41) is 3.34. The number of carbonyl (C=O) groups is 1. The lowest BCUT2D eigenvalue weighted by atomic mass is 9.93. The van der Waals surface area contributed by atoms with Gasteiger partial charge in [-0.2, -0.15) is 0 Å². The maximum absolute atomic E-state index is 12.8. The molecule has 1 saturated heterocycles. The van der Waals surface area contributed by atoms with Crippen molar-refractivity contribution in [2.75, 3.05) is 13.1 Å². The number of fused-ring (bicyclic) bond motifs is 1. The second-order valence-corrected chi connectivity index (χ2v) is 8.90. The van der Waals surface area contributed by atoms with Gasteiger partial charge >= 0.3 is 0 Å². The first-order chi connectivity index (χ1) is 13.6. The SMILES string of the molecule is CC(C)n1c(CN2CCC[C@H](C(=O)NC3CCCCC3)C2)nc2ccccc21. The van der Waals surface area contributed by atoms with Crippen LogP contribution in [-0.4, -0.2) is 39.5 Å². The number of nitrogens with one attached hydrogen (secondary N) is 1. The minimum atomic E-state index is 0.118. The van der Waals surface area contributed by atoms with E-state index in [1.54, 1.807) is 0 Å². The van der Waals surface area contributed by atoms with Gasteiger partial charge in [-0.25, -0.2) is 4.98 Å². The summed E-state index contributed by atoms with van der Waals surface area (Å²) in [6.45, 7) is 7.15. The lowest BCUT2D eigenvalue weighted by Gasteiger charge is -2.33. The highest BCUT2D eigenvalue weighted by Gasteiger charge is 2.28. The first-order valence-electron chi connectivity index (χ1n) is 11.1. The molecule has 28 heavy (non-hydrogen) atoms. The molecule has 5 heteroatoms. The number of aromatic nitrogens is 2. The van der Waals surface area contributed by atoms with Crippen molar-refractivity contribution in [3.05, 3.63) is 30.1 Å². The standard InChI is InChI=1S/C23H34N4O/c1-17(2)27-21-13-7-6-12-20(21)25-22(27)16-26-14-8-9-18(15-26)23(28)24-19-10-4-3-5-11-19/h6-7,12-13,17-19H,3-5,8-11,14-16H2,1-2H3,(H,24,28)/t18-/m0/s1. The van der Waals surface area contributed by atoms with E-state index in [-0.39, 0.29) is 11.8 Å². The van der Waals surface area contributed by atoms with Gasteiger partial charge in [0.1, 0.15) is 5.82 Å². The van der Waals surface area contributed by atoms with E-state index >= 15 is 0 Å². The zero-order chi connectivity index (χ0) is 19.5. The fourth-order valence-corrected chi connectivity index (χ4v) is 4.96. The summed E-state index contributed by atoms with van der Waals surface area (Å²) in [5.74, 6) is 1.51. The summed E-state index contributed by atoms with van der Waals surface area (Å²) in [4.78, 5) is 20.2. The van der Waals surface area contributed by atoms with Crippen molar-refractivity contribution >= 4 is 16.9 Å². The van der Waals surface area contributed by atoms with Gasteiger partial charge in [0.15, 0.2) is 0 Å². The summed E-state index contributed by atoms with van der Waals surface area (Å²) in [5.41, 5.74) is 2.27. The van der Waals surface area contributed by atoms with Crippen LogP contribution >= 0.6 is 0 Å². The Morgan fingerprint density at radius 2 is 1.93 bits per heavy atom. The topological polar surface area (TPSA) is 50.2 Å². The number of piperidine rings is 1. The quantitative estimate of drug-likeness (QED) is 0.840. The first-order valence-corrected chi connectivity index (χ1v) is 11.1. The molecule has 0 bridgehead atoms. The minimum Gasteiger partial charge on any atom is -0.353 e. The van der Waals surface area contributed by atoms with E-state index in [0.29, 0.717) is 12.1 Å². The summed E-state index contributed by atoms with van der Waals surface area (Å²) >= 11 is 0. The van der Waals surface area contributed by atoms with Gasteiger partial charge in [0, 0.05) is 18.6 Å². The predicted molar refractivity (Wildman–Crippen MR) is 113 cm³/mol. The molecule has 2 aliphatic rings. The number of amides is 1. The molecule has 152 valence electrons. The Bertz CT molecular complexity index is 806. The molecule has 0 radical (unpaired) electrons. The number of hydrogen-bond acceptors (Lipinski definition) is 3. The smallest absolute Gasteiger partial charge is 0.224 e. The van der Waals surface area contributed by atoms with Crippen LogP contribution in [0.25, 0.3) is 11.0 Å². The second-order valence-electron chi connectivity index (χ2n) is 8.90. The number of carbonyl (C=O) groups excluding carboxylic acids is 1. The van der Waals surface area contributed by atoms with E-state index in [1.807, 2.05) is 0 Å². The van der Waals surface area contributed by atoms with Crippen LogP contribution < -0.4 is 5.32 Å². The third kappa shape index (κ3) is 4.24. The molecular formula is C23H34N4O. The summed E-state index contributed by atoms with van der Waals surface area (Å²) in [6.07, 6.45) is 8.24. The number of nitrogens with zero attached hydrogens (tertiary/aromatic N) is 3. The van der Waals surface area contributed by atoms with Gasteiger partial charge in [-0.1, -0.05) is 31.4 Å². The van der Waals surface area contributed by atoms with Gasteiger partial charge in [-0.3, -0.25) is 9.69 Å². The van der Waals surface area contributed by atoms with Crippen LogP contribution in [-0.2, 0) is 11.3 Å². The van der Waals surface area contributed by atoms with E-state index in [9.17, 15) is 4.79 Å². The Morgan fingerprint density at radius 1 is 1.14 bits per heavy atom. The maximum Gasteiger partial charge on any atom is 0.224 e. The van der Waals surface area contributed by atoms with Crippen LogP contribution in [0.3, 0.4) is 0 Å². The molecule has 2 heterocycles. The third-order valence-corrected chi connectivity index (χ3v) is 6.38. The van der Waals surface area contributed by atoms with E-state index in [1.165, 1.54) is 24.8 Å². The average Bonchev–Trinajstić information content (AvgIpc) is 3.07. The average molecular weight is 383 g/mol. The Hall–Kier alpha value is -1.88. The fourth-order valence-electron chi connectivity index (χ4n) is 4.96. The number of hydrogen-bond donors (Lipinski definition) is 1. The molecule has 1 aliphatic heterocycles. The van der Waals surface area contributed by atoms with E-state index < -0.39 is 0 Å². The van der Waals surface area contributed by atoms with Gasteiger partial charge in [0.05, 0.1) is 23.5 Å². The van der Waals surface area contributed by atoms with Gasteiger partial charge in [-0.15, -0.1) is 0 Å². The number of benzene rings is 1. The number of rotatable bonds is 5. The molecule has 1 saturated carbocycles. The molecule has 5 nitrogen and oxygen atoms in total. The Labute approximate surface area is 168 Å². The molecule has 1 aliphatic carbocycles. The molecule has 2 fully saturated rings. The highest BCUT2D eigenvalue weighted by atomic mass is 16.2. The molecule has 0 unspecified atom stereocenters. The third-order valence-electron chi connectivity index (χ3n) is 6.38. The van der Waals surface area contributed by atoms with Crippen LogP contribution in [0.15, 0.2) is 24.3 Å². The van der Waals surface area contributed by atoms with E-state index in [2.05, 4.69) is 52.9 Å². The molecule has 1 amide bonds. The lowest BCUT2D eigenvalue weighted by Crippen LogP contribution is -2.46. The normalized spacial score (nSPS) is 22.0. The molecule has 1 N–H and O–H groups in total. The van der Waals surface area contributed by atoms with Crippen molar-refractivity contribution in [2.24, 2.45) is 5.92 Å². The number of para-hydroxylation sites is 2. The second kappa shape index (κ2) is 8.64. The zero-order valence-corrected chi connectivity index (χ0v) is 17.4. The van der Waals surface area contributed by atoms with Crippen molar-refractivity contribution in [3.8, 4) is 0 Å². The van der Waals surface area contributed by atoms with Gasteiger partial charge in [0.2, 0.25) is 5.91 Å². The van der Waals surface area contributed by atoms with Crippen molar-refractivity contribution in [1.82, 2.24) is 19.8 Å². The molecule has 1 aromatic carbocycles. The molecule has 1 aromatic heterocycles. The Balaban J connectivity index is 1.43. The molecule has 2 aromatic rings.